The Morgan fingerprint density at radius 2 is 1.59 bits per heavy atom. The molecule has 7 nitrogen and oxygen atoms in total. The number of ether oxygens (including phenoxy) is 1. The normalized spacial score (nSPS) is 15.4. The van der Waals surface area contributed by atoms with Crippen molar-refractivity contribution in [1.82, 2.24) is 0 Å². The average molecular weight is 531 g/mol. The number of sulfone groups is 1. The Labute approximate surface area is 206 Å². The van der Waals surface area contributed by atoms with E-state index < -0.39 is 30.6 Å². The monoisotopic (exact) mass is 530 g/mol. The highest BCUT2D eigenvalue weighted by molar-refractivity contribution is 7.97. The molecule has 34 heavy (non-hydrogen) atoms. The summed E-state index contributed by atoms with van der Waals surface area (Å²) >= 11 is 0. The zero-order valence-electron chi connectivity index (χ0n) is 20.1. The maximum absolute atomic E-state index is 11.8. The van der Waals surface area contributed by atoms with E-state index in [4.69, 9.17) is 4.74 Å². The van der Waals surface area contributed by atoms with Gasteiger partial charge in [0.2, 0.25) is 0 Å². The predicted octanol–water partition coefficient (Wildman–Crippen LogP) is 3.86. The van der Waals surface area contributed by atoms with Crippen molar-refractivity contribution in [3.05, 3.63) is 48.0 Å². The third-order valence-electron chi connectivity index (χ3n) is 5.33. The molecule has 2 aromatic rings. The van der Waals surface area contributed by atoms with Crippen molar-refractivity contribution in [2.24, 2.45) is 0 Å². The van der Waals surface area contributed by atoms with Crippen LogP contribution in [-0.4, -0.2) is 57.0 Å². The molecule has 1 heterocycles. The highest BCUT2D eigenvalue weighted by atomic mass is 32.2. The second-order valence-electron chi connectivity index (χ2n) is 9.04. The summed E-state index contributed by atoms with van der Waals surface area (Å²) < 4.78 is 61.1. The lowest BCUT2D eigenvalue weighted by molar-refractivity contribution is 0.159. The van der Waals surface area contributed by atoms with Crippen LogP contribution in [0.1, 0.15) is 46.1 Å². The summed E-state index contributed by atoms with van der Waals surface area (Å²) in [6, 6.07) is 11.8. The number of unbranched alkanes of at least 4 members (excludes halogenated alkanes) is 1. The Balaban J connectivity index is 0.000000241. The predicted molar refractivity (Wildman–Crippen MR) is 134 cm³/mol. The molecule has 0 saturated carbocycles. The van der Waals surface area contributed by atoms with Crippen LogP contribution in [0.4, 0.5) is 0 Å². The molecule has 190 valence electrons. The van der Waals surface area contributed by atoms with Crippen LogP contribution in [0.15, 0.2) is 57.2 Å². The molecule has 1 aliphatic heterocycles. The van der Waals surface area contributed by atoms with Gasteiger partial charge in [-0.3, -0.25) is 0 Å². The maximum Gasteiger partial charge on any atom is 0.178 e. The number of phenolic OH excluding ortho intramolecular Hbond substituents is 1. The highest BCUT2D eigenvalue weighted by Gasteiger charge is 2.25. The zero-order valence-corrected chi connectivity index (χ0v) is 22.6. The second kappa shape index (κ2) is 11.9. The maximum atomic E-state index is 11.8. The first-order chi connectivity index (χ1) is 15.8. The number of aromatic hydroxyl groups is 1. The molecule has 10 heteroatoms. The largest absolute Gasteiger partial charge is 0.744 e. The molecular weight excluding hydrogens is 496 g/mol. The molecule has 0 bridgehead atoms. The lowest BCUT2D eigenvalue weighted by atomic mass is 9.87. The van der Waals surface area contributed by atoms with Gasteiger partial charge in [-0.1, -0.05) is 46.2 Å². The van der Waals surface area contributed by atoms with Gasteiger partial charge in [-0.2, -0.15) is 0 Å². The van der Waals surface area contributed by atoms with Crippen LogP contribution in [0.25, 0.3) is 0 Å². The van der Waals surface area contributed by atoms with Crippen LogP contribution in [0.5, 0.6) is 5.75 Å². The first kappa shape index (κ1) is 28.6. The molecule has 0 amide bonds. The van der Waals surface area contributed by atoms with E-state index in [1.165, 1.54) is 22.0 Å². The van der Waals surface area contributed by atoms with E-state index in [9.17, 15) is 26.5 Å². The molecule has 0 radical (unpaired) electrons. The van der Waals surface area contributed by atoms with Crippen LogP contribution in [0.2, 0.25) is 0 Å². The van der Waals surface area contributed by atoms with Crippen molar-refractivity contribution in [3.63, 3.8) is 0 Å². The molecule has 0 atom stereocenters. The summed E-state index contributed by atoms with van der Waals surface area (Å²) in [5, 5.41) is 9.37. The van der Waals surface area contributed by atoms with E-state index in [2.05, 4.69) is 45.0 Å². The summed E-state index contributed by atoms with van der Waals surface area (Å²) in [4.78, 5) is 0.495. The fourth-order valence-corrected chi connectivity index (χ4v) is 7.12. The van der Waals surface area contributed by atoms with Gasteiger partial charge in [0.1, 0.15) is 27.4 Å². The Kier molecular flexibility index (Phi) is 10.0. The fraction of sp³-hybridized carbons (Fsp3) is 0.500. The van der Waals surface area contributed by atoms with Gasteiger partial charge in [0.05, 0.1) is 28.8 Å². The quantitative estimate of drug-likeness (QED) is 0.445. The third kappa shape index (κ3) is 8.27. The van der Waals surface area contributed by atoms with E-state index in [0.717, 1.165) is 31.4 Å². The summed E-state index contributed by atoms with van der Waals surface area (Å²) in [6.07, 6.45) is 1.16. The molecule has 0 aromatic heterocycles. The standard InChI is InChI=1S/C14H21OS.C10H14O6S2/c1-14(2,3)12-4-6-13(7-5-12)16-10-8-15-9-11-16;1-2-3-6-17(12,13)8-4-5-10(9(11)7-8)18(14,15)16/h4-7H,8-11H2,1-3H3;4-5,7,11H,2-3,6H2,1H3,(H,14,15,16)/q+1;/p-1. The van der Waals surface area contributed by atoms with Crippen LogP contribution in [-0.2, 0) is 41.0 Å². The summed E-state index contributed by atoms with van der Waals surface area (Å²) in [5.74, 6) is 1.47. The third-order valence-corrected chi connectivity index (χ3v) is 10.3. The lowest BCUT2D eigenvalue weighted by Gasteiger charge is -2.19. The molecule has 0 aliphatic carbocycles. The molecule has 2 aromatic carbocycles. The molecular formula is C24H34O7S3. The van der Waals surface area contributed by atoms with Crippen molar-refractivity contribution in [2.75, 3.05) is 30.5 Å². The van der Waals surface area contributed by atoms with E-state index in [1.54, 1.807) is 0 Å². The van der Waals surface area contributed by atoms with Crippen LogP contribution in [0, 0.1) is 0 Å². The van der Waals surface area contributed by atoms with Gasteiger partial charge in [-0.05, 0) is 47.7 Å². The number of rotatable bonds is 6. The Bertz CT molecular complexity index is 1140. The average Bonchev–Trinajstić information content (AvgIpc) is 2.77. The highest BCUT2D eigenvalue weighted by Crippen LogP contribution is 2.27. The van der Waals surface area contributed by atoms with Gasteiger partial charge in [0, 0.05) is 10.9 Å². The van der Waals surface area contributed by atoms with Gasteiger partial charge in [0.25, 0.3) is 0 Å². The minimum absolute atomic E-state index is 0.0909. The van der Waals surface area contributed by atoms with Crippen molar-refractivity contribution in [1.29, 1.82) is 0 Å². The molecule has 0 unspecified atom stereocenters. The molecule has 1 N–H and O–H groups in total. The van der Waals surface area contributed by atoms with Crippen LogP contribution in [0.3, 0.4) is 0 Å². The van der Waals surface area contributed by atoms with Gasteiger partial charge in [-0.15, -0.1) is 0 Å². The SMILES string of the molecule is CC(C)(C)c1ccc([S+]2CCOCC2)cc1.CCCCS(=O)(=O)c1ccc(S(=O)(=O)[O-])c(O)c1. The van der Waals surface area contributed by atoms with Crippen molar-refractivity contribution < 1.29 is 31.2 Å². The number of benzene rings is 2. The first-order valence-corrected chi connectivity index (χ1v) is 15.8. The molecule has 3 rings (SSSR count). The van der Waals surface area contributed by atoms with E-state index >= 15 is 0 Å². The summed E-state index contributed by atoms with van der Waals surface area (Å²) in [7, 11) is -7.94. The van der Waals surface area contributed by atoms with E-state index in [1.807, 2.05) is 6.92 Å². The molecule has 1 saturated heterocycles. The zero-order chi connectivity index (χ0) is 25.6. The molecule has 1 aliphatic rings. The van der Waals surface area contributed by atoms with Gasteiger partial charge >= 0.3 is 0 Å². The second-order valence-corrected chi connectivity index (χ2v) is 14.8. The van der Waals surface area contributed by atoms with Crippen molar-refractivity contribution in [3.8, 4) is 5.75 Å². The molecule has 0 spiro atoms. The van der Waals surface area contributed by atoms with E-state index in [-0.39, 0.29) is 16.1 Å². The Morgan fingerprint density at radius 3 is 2.06 bits per heavy atom. The lowest BCUT2D eigenvalue weighted by Crippen LogP contribution is -2.26. The minimum Gasteiger partial charge on any atom is -0.744 e. The fourth-order valence-electron chi connectivity index (χ4n) is 3.26. The van der Waals surface area contributed by atoms with Crippen molar-refractivity contribution in [2.45, 2.75) is 60.6 Å². The number of phenols is 1. The van der Waals surface area contributed by atoms with E-state index in [0.29, 0.717) is 23.7 Å². The smallest absolute Gasteiger partial charge is 0.178 e. The topological polar surface area (TPSA) is 121 Å². The van der Waals surface area contributed by atoms with Crippen molar-refractivity contribution >= 4 is 30.9 Å². The number of hydrogen-bond donors (Lipinski definition) is 1. The summed E-state index contributed by atoms with van der Waals surface area (Å²) in [5.41, 5.74) is 1.69. The van der Waals surface area contributed by atoms with Crippen LogP contribution >= 0.6 is 0 Å². The summed E-state index contributed by atoms with van der Waals surface area (Å²) in [6.45, 7) is 10.5. The van der Waals surface area contributed by atoms with Gasteiger partial charge in [-0.25, -0.2) is 16.8 Å². The Hall–Kier alpha value is -1.59. The number of hydrogen-bond acceptors (Lipinski definition) is 7. The van der Waals surface area contributed by atoms with Gasteiger partial charge < -0.3 is 14.4 Å². The van der Waals surface area contributed by atoms with Gasteiger partial charge in [0.15, 0.2) is 14.7 Å². The minimum atomic E-state index is -4.81. The Morgan fingerprint density at radius 1 is 1.00 bits per heavy atom. The molecule has 1 fully saturated rings. The first-order valence-electron chi connectivity index (χ1n) is 11.1. The van der Waals surface area contributed by atoms with Crippen LogP contribution < -0.4 is 0 Å².